The SMILES string of the molecule is CCN1CCOC(CN(C)C(=O)PC)C1. The highest BCUT2D eigenvalue weighted by molar-refractivity contribution is 7.56. The van der Waals surface area contributed by atoms with E-state index in [1.165, 1.54) is 0 Å². The highest BCUT2D eigenvalue weighted by Crippen LogP contribution is 2.12. The Morgan fingerprint density at radius 3 is 3.00 bits per heavy atom. The van der Waals surface area contributed by atoms with Crippen LogP contribution in [0.3, 0.4) is 0 Å². The van der Waals surface area contributed by atoms with E-state index in [2.05, 4.69) is 11.8 Å². The normalized spacial score (nSPS) is 23.5. The number of hydrogen-bond acceptors (Lipinski definition) is 3. The average molecular weight is 232 g/mol. The molecule has 2 atom stereocenters. The van der Waals surface area contributed by atoms with Gasteiger partial charge in [-0.1, -0.05) is 6.92 Å². The van der Waals surface area contributed by atoms with Gasteiger partial charge in [-0.3, -0.25) is 9.69 Å². The zero-order chi connectivity index (χ0) is 11.3. The van der Waals surface area contributed by atoms with Gasteiger partial charge >= 0.3 is 0 Å². The molecule has 5 heteroatoms. The summed E-state index contributed by atoms with van der Waals surface area (Å²) in [5, 5.41) is 0. The van der Waals surface area contributed by atoms with Crippen LogP contribution in [0.2, 0.25) is 0 Å². The number of rotatable bonds is 4. The van der Waals surface area contributed by atoms with Crippen LogP contribution >= 0.6 is 8.58 Å². The fourth-order valence-corrected chi connectivity index (χ4v) is 2.23. The third-order valence-electron chi connectivity index (χ3n) is 2.71. The fourth-order valence-electron chi connectivity index (χ4n) is 1.76. The van der Waals surface area contributed by atoms with Crippen molar-refractivity contribution in [2.24, 2.45) is 0 Å². The van der Waals surface area contributed by atoms with Crippen molar-refractivity contribution < 1.29 is 9.53 Å². The molecule has 88 valence electrons. The van der Waals surface area contributed by atoms with E-state index in [4.69, 9.17) is 4.74 Å². The average Bonchev–Trinajstić information content (AvgIpc) is 2.28. The zero-order valence-electron chi connectivity index (χ0n) is 9.82. The van der Waals surface area contributed by atoms with Crippen LogP contribution in [0.1, 0.15) is 6.92 Å². The van der Waals surface area contributed by atoms with Crippen LogP contribution < -0.4 is 0 Å². The molecule has 2 unspecified atom stereocenters. The van der Waals surface area contributed by atoms with Gasteiger partial charge in [-0.2, -0.15) is 0 Å². The summed E-state index contributed by atoms with van der Waals surface area (Å²) in [7, 11) is 2.20. The van der Waals surface area contributed by atoms with Crippen LogP contribution in [0.25, 0.3) is 0 Å². The Balaban J connectivity index is 2.34. The number of nitrogens with zero attached hydrogens (tertiary/aromatic N) is 2. The van der Waals surface area contributed by atoms with E-state index in [9.17, 15) is 4.79 Å². The van der Waals surface area contributed by atoms with Crippen molar-refractivity contribution in [2.45, 2.75) is 13.0 Å². The van der Waals surface area contributed by atoms with Gasteiger partial charge in [0.25, 0.3) is 0 Å². The minimum atomic E-state index is 0.184. The predicted octanol–water partition coefficient (Wildman–Crippen LogP) is 1.07. The number of ether oxygens (including phenoxy) is 1. The Labute approximate surface area is 93.7 Å². The molecule has 0 aromatic rings. The highest BCUT2D eigenvalue weighted by Gasteiger charge is 2.21. The molecule has 0 aromatic carbocycles. The minimum absolute atomic E-state index is 0.184. The summed E-state index contributed by atoms with van der Waals surface area (Å²) in [6.07, 6.45) is 0.184. The number of amides is 1. The summed E-state index contributed by atoms with van der Waals surface area (Å²) in [5.41, 5.74) is 0.215. The van der Waals surface area contributed by atoms with Crippen LogP contribution in [-0.2, 0) is 4.74 Å². The lowest BCUT2D eigenvalue weighted by Gasteiger charge is -2.34. The molecule has 1 rings (SSSR count). The Morgan fingerprint density at radius 2 is 2.40 bits per heavy atom. The zero-order valence-corrected chi connectivity index (χ0v) is 10.8. The Kier molecular flexibility index (Phi) is 5.51. The van der Waals surface area contributed by atoms with E-state index in [0.29, 0.717) is 8.58 Å². The van der Waals surface area contributed by atoms with Crippen molar-refractivity contribution in [3.63, 3.8) is 0 Å². The molecule has 15 heavy (non-hydrogen) atoms. The second-order valence-corrected chi connectivity index (χ2v) is 4.75. The molecule has 1 amide bonds. The second kappa shape index (κ2) is 6.41. The monoisotopic (exact) mass is 232 g/mol. The first kappa shape index (κ1) is 12.9. The lowest BCUT2D eigenvalue weighted by atomic mass is 10.2. The molecule has 4 nitrogen and oxygen atoms in total. The topological polar surface area (TPSA) is 32.8 Å². The third kappa shape index (κ3) is 4.06. The summed E-state index contributed by atoms with van der Waals surface area (Å²) in [6, 6.07) is 0. The predicted molar refractivity (Wildman–Crippen MR) is 64.1 cm³/mol. The molecule has 0 N–H and O–H groups in total. The van der Waals surface area contributed by atoms with Crippen LogP contribution in [0.5, 0.6) is 0 Å². The van der Waals surface area contributed by atoms with Crippen LogP contribution in [0.15, 0.2) is 0 Å². The standard InChI is InChI=1S/C10H21N2O2P/c1-4-12-5-6-14-9(8-12)7-11(2)10(13)15-3/h9,15H,4-8H2,1-3H3. The Hall–Kier alpha value is -0.180. The number of likely N-dealkylation sites (N-methyl/N-ethyl adjacent to an activating group) is 2. The number of carbonyl (C=O) groups excluding carboxylic acids is 1. The van der Waals surface area contributed by atoms with Crippen molar-refractivity contribution in [2.75, 3.05) is 46.5 Å². The molecule has 0 bridgehead atoms. The van der Waals surface area contributed by atoms with E-state index >= 15 is 0 Å². The van der Waals surface area contributed by atoms with E-state index in [-0.39, 0.29) is 11.8 Å². The van der Waals surface area contributed by atoms with Gasteiger partial charge in [-0.15, -0.1) is 0 Å². The molecule has 1 aliphatic heterocycles. The van der Waals surface area contributed by atoms with Crippen molar-refractivity contribution in [3.05, 3.63) is 0 Å². The van der Waals surface area contributed by atoms with E-state index in [1.54, 1.807) is 4.90 Å². The quantitative estimate of drug-likeness (QED) is 0.680. The number of hydrogen-bond donors (Lipinski definition) is 0. The van der Waals surface area contributed by atoms with Gasteiger partial charge in [-0.25, -0.2) is 0 Å². The van der Waals surface area contributed by atoms with Crippen molar-refractivity contribution in [1.29, 1.82) is 0 Å². The van der Waals surface area contributed by atoms with Gasteiger partial charge < -0.3 is 9.64 Å². The van der Waals surface area contributed by atoms with E-state index in [1.807, 2.05) is 13.7 Å². The Bertz CT molecular complexity index is 214. The molecule has 1 fully saturated rings. The molecule has 0 spiro atoms. The maximum absolute atomic E-state index is 11.4. The van der Waals surface area contributed by atoms with Crippen LogP contribution in [0.4, 0.5) is 4.79 Å². The minimum Gasteiger partial charge on any atom is -0.374 e. The molecule has 1 aliphatic rings. The summed E-state index contributed by atoms with van der Waals surface area (Å²) < 4.78 is 5.64. The van der Waals surface area contributed by atoms with E-state index < -0.39 is 0 Å². The van der Waals surface area contributed by atoms with Gasteiger partial charge in [0, 0.05) is 26.7 Å². The van der Waals surface area contributed by atoms with Gasteiger partial charge in [-0.05, 0) is 21.8 Å². The van der Waals surface area contributed by atoms with Gasteiger partial charge in [0.05, 0.1) is 12.7 Å². The molecule has 0 aliphatic carbocycles. The molecule has 1 saturated heterocycles. The molecule has 1 heterocycles. The largest absolute Gasteiger partial charge is 0.374 e. The first-order valence-electron chi connectivity index (χ1n) is 5.44. The van der Waals surface area contributed by atoms with Crippen molar-refractivity contribution >= 4 is 14.2 Å². The smallest absolute Gasteiger partial charge is 0.240 e. The second-order valence-electron chi connectivity index (χ2n) is 3.82. The molecule has 0 radical (unpaired) electrons. The first-order valence-corrected chi connectivity index (χ1v) is 6.94. The first-order chi connectivity index (χ1) is 7.17. The Morgan fingerprint density at radius 1 is 1.67 bits per heavy atom. The summed E-state index contributed by atoms with van der Waals surface area (Å²) >= 11 is 0. The summed E-state index contributed by atoms with van der Waals surface area (Å²) in [4.78, 5) is 15.5. The van der Waals surface area contributed by atoms with Crippen molar-refractivity contribution in [3.8, 4) is 0 Å². The lowest BCUT2D eigenvalue weighted by Crippen LogP contribution is -2.47. The fraction of sp³-hybridized carbons (Fsp3) is 0.900. The third-order valence-corrected chi connectivity index (χ3v) is 3.52. The maximum atomic E-state index is 11.4. The molecule has 0 saturated carbocycles. The number of carbonyl (C=O) groups is 1. The molecular formula is C10H21N2O2P. The van der Waals surface area contributed by atoms with Gasteiger partial charge in [0.15, 0.2) is 0 Å². The van der Waals surface area contributed by atoms with E-state index in [0.717, 1.165) is 32.8 Å². The molecular weight excluding hydrogens is 211 g/mol. The van der Waals surface area contributed by atoms with Crippen LogP contribution in [0, 0.1) is 0 Å². The lowest BCUT2D eigenvalue weighted by molar-refractivity contribution is -0.0338. The summed E-state index contributed by atoms with van der Waals surface area (Å²) in [6.45, 7) is 8.60. The number of morpholine rings is 1. The maximum Gasteiger partial charge on any atom is 0.240 e. The summed E-state index contributed by atoms with van der Waals surface area (Å²) in [5.74, 6) is 0. The van der Waals surface area contributed by atoms with Crippen LogP contribution in [-0.4, -0.2) is 68.1 Å². The van der Waals surface area contributed by atoms with Crippen molar-refractivity contribution in [1.82, 2.24) is 9.80 Å². The highest BCUT2D eigenvalue weighted by atomic mass is 31.1. The molecule has 0 aromatic heterocycles. The van der Waals surface area contributed by atoms with Gasteiger partial charge in [0.2, 0.25) is 5.65 Å². The van der Waals surface area contributed by atoms with Gasteiger partial charge in [0.1, 0.15) is 0 Å².